The van der Waals surface area contributed by atoms with Gasteiger partial charge in [0.2, 0.25) is 11.9 Å². The first-order valence-electron chi connectivity index (χ1n) is 11.6. The number of aromatic amines is 1. The number of piperidine rings is 1. The minimum Gasteiger partial charge on any atom is -0.360 e. The van der Waals surface area contributed by atoms with Crippen LogP contribution in [-0.2, 0) is 4.79 Å². The Kier molecular flexibility index (Phi) is 6.71. The molecule has 2 aromatic heterocycles. The highest BCUT2D eigenvalue weighted by Crippen LogP contribution is 2.33. The molecule has 1 aliphatic heterocycles. The molecule has 3 heterocycles. The number of fused-ring (bicyclic) bond motifs is 1. The van der Waals surface area contributed by atoms with Gasteiger partial charge in [-0.15, -0.1) is 0 Å². The number of para-hydroxylation sites is 1. The van der Waals surface area contributed by atoms with Crippen LogP contribution in [-0.4, -0.2) is 50.5 Å². The van der Waals surface area contributed by atoms with Crippen molar-refractivity contribution < 1.29 is 4.79 Å². The number of hydrogen-bond acceptors (Lipinski definition) is 5. The van der Waals surface area contributed by atoms with E-state index in [2.05, 4.69) is 26.7 Å². The molecule has 3 aromatic rings. The number of benzene rings is 1. The van der Waals surface area contributed by atoms with Crippen LogP contribution in [0.4, 0.5) is 5.95 Å². The van der Waals surface area contributed by atoms with E-state index < -0.39 is 0 Å². The number of halogens is 2. The Hall–Kier alpha value is -2.35. The molecule has 3 N–H and O–H groups in total. The molecule has 0 unspecified atom stereocenters. The van der Waals surface area contributed by atoms with Crippen molar-refractivity contribution in [3.63, 3.8) is 0 Å². The van der Waals surface area contributed by atoms with Crippen LogP contribution in [0.3, 0.4) is 0 Å². The number of carbonyl (C=O) groups excluding carboxylic acids is 1. The van der Waals surface area contributed by atoms with E-state index in [1.54, 1.807) is 10.6 Å². The number of amides is 1. The molecule has 2 aliphatic rings. The number of nitrogens with zero attached hydrogens (tertiary/aromatic N) is 3. The van der Waals surface area contributed by atoms with Crippen molar-refractivity contribution in [1.29, 1.82) is 0 Å². The summed E-state index contributed by atoms with van der Waals surface area (Å²) < 4.78 is 1.72. The van der Waals surface area contributed by atoms with Gasteiger partial charge in [0.25, 0.3) is 0 Å². The Labute approximate surface area is 203 Å². The van der Waals surface area contributed by atoms with E-state index in [1.807, 2.05) is 24.4 Å². The molecule has 1 aromatic carbocycles. The first-order chi connectivity index (χ1) is 16.1. The van der Waals surface area contributed by atoms with Crippen molar-refractivity contribution in [1.82, 2.24) is 24.7 Å². The first kappa shape index (κ1) is 22.4. The Morgan fingerprint density at radius 3 is 2.88 bits per heavy atom. The zero-order valence-electron chi connectivity index (χ0n) is 18.4. The lowest BCUT2D eigenvalue weighted by molar-refractivity contribution is -0.127. The second kappa shape index (κ2) is 9.87. The number of hydrogen-bond donors (Lipinski definition) is 3. The molecule has 3 atom stereocenters. The molecule has 0 spiro atoms. The second-order valence-corrected chi connectivity index (χ2v) is 9.94. The highest BCUT2D eigenvalue weighted by Gasteiger charge is 2.29. The van der Waals surface area contributed by atoms with E-state index in [0.717, 1.165) is 61.5 Å². The minimum absolute atomic E-state index is 0.0251. The van der Waals surface area contributed by atoms with Gasteiger partial charge in [-0.3, -0.25) is 4.79 Å². The minimum atomic E-state index is -0.0251. The fourth-order valence-electron chi connectivity index (χ4n) is 4.99. The summed E-state index contributed by atoms with van der Waals surface area (Å²) in [7, 11) is 0. The zero-order chi connectivity index (χ0) is 22.8. The molecule has 174 valence electrons. The normalized spacial score (nSPS) is 24.0. The lowest BCUT2D eigenvalue weighted by atomic mass is 9.90. The summed E-state index contributed by atoms with van der Waals surface area (Å²) in [6.07, 6.45) is 9.33. The number of carbonyl (C=O) groups is 1. The Morgan fingerprint density at radius 2 is 2.00 bits per heavy atom. The molecule has 1 amide bonds. The van der Waals surface area contributed by atoms with Crippen LogP contribution in [0.5, 0.6) is 0 Å². The largest absolute Gasteiger partial charge is 0.360 e. The monoisotopic (exact) mass is 486 g/mol. The Bertz CT molecular complexity index is 1140. The number of H-pyrrole nitrogens is 1. The maximum Gasteiger partial charge on any atom is 0.224 e. The van der Waals surface area contributed by atoms with Gasteiger partial charge in [0, 0.05) is 47.8 Å². The highest BCUT2D eigenvalue weighted by molar-refractivity contribution is 6.33. The van der Waals surface area contributed by atoms with Crippen LogP contribution >= 0.6 is 23.4 Å². The van der Waals surface area contributed by atoms with Gasteiger partial charge in [0.1, 0.15) is 0 Å². The number of rotatable bonds is 5. The number of nitrogens with one attached hydrogen (secondary N) is 3. The van der Waals surface area contributed by atoms with E-state index in [1.165, 1.54) is 0 Å². The zero-order valence-corrected chi connectivity index (χ0v) is 19.9. The molecule has 7 nitrogen and oxygen atoms in total. The third kappa shape index (κ3) is 5.10. The molecule has 2 fully saturated rings. The summed E-state index contributed by atoms with van der Waals surface area (Å²) >= 11 is 12.6. The molecular formula is C24H28Cl2N6O. The summed E-state index contributed by atoms with van der Waals surface area (Å²) in [5, 5.41) is 8.32. The van der Waals surface area contributed by atoms with Crippen molar-refractivity contribution in [3.8, 4) is 11.3 Å². The van der Waals surface area contributed by atoms with Crippen LogP contribution in [0.25, 0.3) is 22.2 Å². The predicted octanol–water partition coefficient (Wildman–Crippen LogP) is 4.98. The summed E-state index contributed by atoms with van der Waals surface area (Å²) in [6, 6.07) is 8.42. The van der Waals surface area contributed by atoms with Crippen LogP contribution in [0.15, 0.2) is 36.7 Å². The van der Waals surface area contributed by atoms with Gasteiger partial charge in [-0.05, 0) is 56.4 Å². The van der Waals surface area contributed by atoms with E-state index in [-0.39, 0.29) is 23.9 Å². The van der Waals surface area contributed by atoms with E-state index in [4.69, 9.17) is 28.4 Å². The van der Waals surface area contributed by atoms with Crippen molar-refractivity contribution in [2.45, 2.75) is 50.6 Å². The first-order valence-corrected chi connectivity index (χ1v) is 12.3. The lowest BCUT2D eigenvalue weighted by Crippen LogP contribution is -2.47. The topological polar surface area (TPSA) is 85.9 Å². The summed E-state index contributed by atoms with van der Waals surface area (Å²) in [4.78, 5) is 25.2. The molecule has 9 heteroatoms. The van der Waals surface area contributed by atoms with Gasteiger partial charge in [-0.2, -0.15) is 0 Å². The SMILES string of the molecule is O=C(N[C@H]1CCC[C@@H](Nc2ncc(Cl)c(-c3c[nH]c4ccccc34)n2)C1)[C@@H]1CCCN(Cl)C1. The molecule has 1 saturated carbocycles. The van der Waals surface area contributed by atoms with Gasteiger partial charge in [0.05, 0.1) is 22.8 Å². The van der Waals surface area contributed by atoms with E-state index in [0.29, 0.717) is 23.2 Å². The van der Waals surface area contributed by atoms with Crippen molar-refractivity contribution in [2.75, 3.05) is 18.4 Å². The Balaban J connectivity index is 1.26. The molecule has 1 aliphatic carbocycles. The molecule has 33 heavy (non-hydrogen) atoms. The maximum atomic E-state index is 12.7. The van der Waals surface area contributed by atoms with Crippen LogP contribution in [0.2, 0.25) is 5.02 Å². The molecule has 1 saturated heterocycles. The summed E-state index contributed by atoms with van der Waals surface area (Å²) in [5.41, 5.74) is 2.70. The fourth-order valence-corrected chi connectivity index (χ4v) is 5.47. The lowest BCUT2D eigenvalue weighted by Gasteiger charge is -2.33. The van der Waals surface area contributed by atoms with Crippen molar-refractivity contribution >= 4 is 46.1 Å². The molecule has 0 bridgehead atoms. The average Bonchev–Trinajstić information content (AvgIpc) is 3.25. The van der Waals surface area contributed by atoms with Crippen LogP contribution < -0.4 is 10.6 Å². The molecule has 0 radical (unpaired) electrons. The highest BCUT2D eigenvalue weighted by atomic mass is 35.5. The number of aromatic nitrogens is 3. The molecular weight excluding hydrogens is 459 g/mol. The number of anilines is 1. The smallest absolute Gasteiger partial charge is 0.224 e. The second-order valence-electron chi connectivity index (χ2n) is 9.06. The molecule has 5 rings (SSSR count). The van der Waals surface area contributed by atoms with E-state index in [9.17, 15) is 4.79 Å². The summed E-state index contributed by atoms with van der Waals surface area (Å²) in [6.45, 7) is 1.47. The summed E-state index contributed by atoms with van der Waals surface area (Å²) in [5.74, 6) is 0.653. The maximum absolute atomic E-state index is 12.7. The van der Waals surface area contributed by atoms with Gasteiger partial charge >= 0.3 is 0 Å². The van der Waals surface area contributed by atoms with Gasteiger partial charge < -0.3 is 15.6 Å². The van der Waals surface area contributed by atoms with Crippen LogP contribution in [0.1, 0.15) is 38.5 Å². The van der Waals surface area contributed by atoms with Gasteiger partial charge in [-0.25, -0.2) is 14.4 Å². The third-order valence-corrected chi connectivity index (χ3v) is 7.27. The quantitative estimate of drug-likeness (QED) is 0.442. The van der Waals surface area contributed by atoms with Crippen LogP contribution in [0, 0.1) is 5.92 Å². The van der Waals surface area contributed by atoms with Gasteiger partial charge in [-0.1, -0.05) is 29.8 Å². The van der Waals surface area contributed by atoms with Crippen molar-refractivity contribution in [2.24, 2.45) is 5.92 Å². The fraction of sp³-hybridized carbons (Fsp3) is 0.458. The predicted molar refractivity (Wildman–Crippen MR) is 132 cm³/mol. The average molecular weight is 487 g/mol. The Morgan fingerprint density at radius 1 is 1.15 bits per heavy atom. The standard InChI is InChI=1S/C24H28Cl2N6O/c25-20-13-28-24(31-22(20)19-12-27-21-9-2-1-8-18(19)21)30-17-7-3-6-16(11-17)29-23(33)15-5-4-10-32(26)14-15/h1-2,8-9,12-13,15-17,27H,3-7,10-11,14H2,(H,29,33)(H,28,30,31)/t15-,16+,17-/m1/s1. The third-order valence-electron chi connectivity index (χ3n) is 6.68. The van der Waals surface area contributed by atoms with E-state index >= 15 is 0 Å². The van der Waals surface area contributed by atoms with Crippen molar-refractivity contribution in [3.05, 3.63) is 41.7 Å². The van der Waals surface area contributed by atoms with Gasteiger partial charge in [0.15, 0.2) is 0 Å².